The van der Waals surface area contributed by atoms with E-state index in [0.29, 0.717) is 6.42 Å². The number of nitrogens with one attached hydrogen (secondary N) is 1. The van der Waals surface area contributed by atoms with Crippen LogP contribution >= 0.6 is 0 Å². The molecule has 0 fully saturated rings. The maximum atomic E-state index is 12.2. The Morgan fingerprint density at radius 3 is 2.56 bits per heavy atom. The van der Waals surface area contributed by atoms with Crippen molar-refractivity contribution >= 4 is 11.6 Å². The fourth-order valence-corrected chi connectivity index (χ4v) is 2.24. The van der Waals surface area contributed by atoms with Gasteiger partial charge in [0.2, 0.25) is 5.91 Å². The Morgan fingerprint density at radius 2 is 1.94 bits per heavy atom. The smallest absolute Gasteiger partial charge is 0.245 e. The first-order valence-electron chi connectivity index (χ1n) is 6.11. The molecule has 18 heavy (non-hydrogen) atoms. The monoisotopic (exact) mass is 250 g/mol. The van der Waals surface area contributed by atoms with E-state index in [0.717, 1.165) is 11.3 Å². The second-order valence-electron chi connectivity index (χ2n) is 4.33. The molecule has 0 radical (unpaired) electrons. The molecule has 3 N–H and O–H groups in total. The molecule has 1 aromatic carbocycles. The SMILES string of the molecule is O=C([C@@H]1Cc2ccccc2N1)N(CCO)CCO. The van der Waals surface area contributed by atoms with Crippen molar-refractivity contribution in [2.45, 2.75) is 12.5 Å². The number of carbonyl (C=O) groups is 1. The van der Waals surface area contributed by atoms with E-state index in [9.17, 15) is 4.79 Å². The van der Waals surface area contributed by atoms with Gasteiger partial charge in [-0.2, -0.15) is 0 Å². The maximum Gasteiger partial charge on any atom is 0.245 e. The zero-order valence-corrected chi connectivity index (χ0v) is 10.2. The summed E-state index contributed by atoms with van der Waals surface area (Å²) < 4.78 is 0. The van der Waals surface area contributed by atoms with E-state index in [4.69, 9.17) is 10.2 Å². The predicted molar refractivity (Wildman–Crippen MR) is 68.3 cm³/mol. The van der Waals surface area contributed by atoms with Gasteiger partial charge in [-0.15, -0.1) is 0 Å². The van der Waals surface area contributed by atoms with E-state index in [1.165, 1.54) is 4.90 Å². The number of rotatable bonds is 5. The highest BCUT2D eigenvalue weighted by molar-refractivity contribution is 5.87. The van der Waals surface area contributed by atoms with Crippen molar-refractivity contribution in [3.63, 3.8) is 0 Å². The van der Waals surface area contributed by atoms with Gasteiger partial charge < -0.3 is 20.4 Å². The fourth-order valence-electron chi connectivity index (χ4n) is 2.24. The number of fused-ring (bicyclic) bond motifs is 1. The molecule has 98 valence electrons. The van der Waals surface area contributed by atoms with Crippen molar-refractivity contribution in [1.82, 2.24) is 4.90 Å². The molecule has 1 aliphatic rings. The van der Waals surface area contributed by atoms with Crippen LogP contribution in [-0.4, -0.2) is 53.4 Å². The van der Waals surface area contributed by atoms with E-state index in [-0.39, 0.29) is 38.3 Å². The summed E-state index contributed by atoms with van der Waals surface area (Å²) >= 11 is 0. The molecule has 5 nitrogen and oxygen atoms in total. The van der Waals surface area contributed by atoms with Crippen LogP contribution in [0.4, 0.5) is 5.69 Å². The molecular weight excluding hydrogens is 232 g/mol. The molecule has 0 bridgehead atoms. The third kappa shape index (κ3) is 2.63. The molecule has 0 aliphatic carbocycles. The number of nitrogens with zero attached hydrogens (tertiary/aromatic N) is 1. The lowest BCUT2D eigenvalue weighted by molar-refractivity contribution is -0.132. The molecule has 2 rings (SSSR count). The van der Waals surface area contributed by atoms with Crippen LogP contribution in [0.3, 0.4) is 0 Å². The van der Waals surface area contributed by atoms with Crippen molar-refractivity contribution in [1.29, 1.82) is 0 Å². The van der Waals surface area contributed by atoms with Gasteiger partial charge in [0.25, 0.3) is 0 Å². The minimum atomic E-state index is -0.291. The third-order valence-electron chi connectivity index (χ3n) is 3.12. The fraction of sp³-hybridized carbons (Fsp3) is 0.462. The first kappa shape index (κ1) is 12.9. The molecule has 1 amide bonds. The minimum absolute atomic E-state index is 0.0747. The van der Waals surface area contributed by atoms with Crippen molar-refractivity contribution < 1.29 is 15.0 Å². The average molecular weight is 250 g/mol. The minimum Gasteiger partial charge on any atom is -0.395 e. The number of benzene rings is 1. The average Bonchev–Trinajstić information content (AvgIpc) is 2.81. The van der Waals surface area contributed by atoms with Crippen LogP contribution in [0.15, 0.2) is 24.3 Å². The van der Waals surface area contributed by atoms with Crippen LogP contribution < -0.4 is 5.32 Å². The molecule has 1 heterocycles. The molecule has 0 aromatic heterocycles. The summed E-state index contributed by atoms with van der Waals surface area (Å²) in [6.07, 6.45) is 0.655. The van der Waals surface area contributed by atoms with Crippen LogP contribution in [0.25, 0.3) is 0 Å². The second-order valence-corrected chi connectivity index (χ2v) is 4.33. The molecule has 0 saturated carbocycles. The Morgan fingerprint density at radius 1 is 1.28 bits per heavy atom. The third-order valence-corrected chi connectivity index (χ3v) is 3.12. The number of hydrogen-bond acceptors (Lipinski definition) is 4. The highest BCUT2D eigenvalue weighted by atomic mass is 16.3. The van der Waals surface area contributed by atoms with E-state index in [1.54, 1.807) is 0 Å². The van der Waals surface area contributed by atoms with Crippen molar-refractivity contribution in [3.05, 3.63) is 29.8 Å². The number of carbonyl (C=O) groups excluding carboxylic acids is 1. The van der Waals surface area contributed by atoms with Gasteiger partial charge in [-0.3, -0.25) is 4.79 Å². The number of aliphatic hydroxyl groups excluding tert-OH is 2. The standard InChI is InChI=1S/C13H18N2O3/c16-7-5-15(6-8-17)13(18)12-9-10-3-1-2-4-11(10)14-12/h1-4,12,14,16-17H,5-9H2/t12-/m0/s1. The van der Waals surface area contributed by atoms with Gasteiger partial charge in [0.1, 0.15) is 6.04 Å². The summed E-state index contributed by atoms with van der Waals surface area (Å²) in [5.74, 6) is -0.0747. The lowest BCUT2D eigenvalue weighted by Crippen LogP contribution is -2.44. The Bertz CT molecular complexity index is 391. The van der Waals surface area contributed by atoms with Crippen LogP contribution in [0, 0.1) is 0 Å². The molecule has 5 heteroatoms. The highest BCUT2D eigenvalue weighted by Gasteiger charge is 2.29. The lowest BCUT2D eigenvalue weighted by Gasteiger charge is -2.24. The zero-order valence-electron chi connectivity index (χ0n) is 10.2. The Labute approximate surface area is 106 Å². The summed E-state index contributed by atoms with van der Waals surface area (Å²) in [4.78, 5) is 13.7. The molecule has 1 aliphatic heterocycles. The predicted octanol–water partition coefficient (Wildman–Crippen LogP) is -0.164. The first-order valence-corrected chi connectivity index (χ1v) is 6.11. The topological polar surface area (TPSA) is 72.8 Å². The Kier molecular flexibility index (Phi) is 4.17. The van der Waals surface area contributed by atoms with Gasteiger partial charge in [-0.05, 0) is 11.6 Å². The van der Waals surface area contributed by atoms with Crippen molar-refractivity contribution in [3.8, 4) is 0 Å². The van der Waals surface area contributed by atoms with Crippen LogP contribution in [0.1, 0.15) is 5.56 Å². The molecule has 1 atom stereocenters. The lowest BCUT2D eigenvalue weighted by atomic mass is 10.1. The summed E-state index contributed by atoms with van der Waals surface area (Å²) in [5.41, 5.74) is 2.12. The number of hydrogen-bond donors (Lipinski definition) is 3. The van der Waals surface area contributed by atoms with E-state index < -0.39 is 0 Å². The van der Waals surface area contributed by atoms with Crippen molar-refractivity contribution in [2.75, 3.05) is 31.6 Å². The molecule has 0 spiro atoms. The second kappa shape index (κ2) is 5.84. The summed E-state index contributed by atoms with van der Waals surface area (Å²) in [5, 5.41) is 21.0. The van der Waals surface area contributed by atoms with Gasteiger partial charge in [0, 0.05) is 25.2 Å². The normalized spacial score (nSPS) is 17.1. The first-order chi connectivity index (χ1) is 8.76. The number of anilines is 1. The van der Waals surface area contributed by atoms with Crippen LogP contribution in [-0.2, 0) is 11.2 Å². The van der Waals surface area contributed by atoms with Gasteiger partial charge >= 0.3 is 0 Å². The van der Waals surface area contributed by atoms with Gasteiger partial charge in [0.05, 0.1) is 13.2 Å². The summed E-state index contributed by atoms with van der Waals surface area (Å²) in [6.45, 7) is 0.332. The maximum absolute atomic E-state index is 12.2. The Hall–Kier alpha value is -1.59. The van der Waals surface area contributed by atoms with Gasteiger partial charge in [0.15, 0.2) is 0 Å². The van der Waals surface area contributed by atoms with Gasteiger partial charge in [-0.1, -0.05) is 18.2 Å². The van der Waals surface area contributed by atoms with Crippen LogP contribution in [0.2, 0.25) is 0 Å². The van der Waals surface area contributed by atoms with Gasteiger partial charge in [-0.25, -0.2) is 0 Å². The van der Waals surface area contributed by atoms with E-state index in [2.05, 4.69) is 5.32 Å². The quantitative estimate of drug-likeness (QED) is 0.679. The van der Waals surface area contributed by atoms with E-state index in [1.807, 2.05) is 24.3 Å². The van der Waals surface area contributed by atoms with Crippen molar-refractivity contribution in [2.24, 2.45) is 0 Å². The number of para-hydroxylation sites is 1. The highest BCUT2D eigenvalue weighted by Crippen LogP contribution is 2.25. The van der Waals surface area contributed by atoms with E-state index >= 15 is 0 Å². The summed E-state index contributed by atoms with van der Waals surface area (Å²) in [7, 11) is 0. The molecule has 1 aromatic rings. The number of aliphatic hydroxyl groups is 2. The molecular formula is C13H18N2O3. The Balaban J connectivity index is 2.03. The van der Waals surface area contributed by atoms with Crippen LogP contribution in [0.5, 0.6) is 0 Å². The largest absolute Gasteiger partial charge is 0.395 e. The molecule has 0 saturated heterocycles. The molecule has 0 unspecified atom stereocenters. The summed E-state index contributed by atoms with van der Waals surface area (Å²) in [6, 6.07) is 7.54. The zero-order chi connectivity index (χ0) is 13.0. The number of amides is 1.